The number of aryl methyl sites for hydroxylation is 1. The van der Waals surface area contributed by atoms with Gasteiger partial charge in [0.1, 0.15) is 5.75 Å². The van der Waals surface area contributed by atoms with Crippen molar-refractivity contribution in [1.82, 2.24) is 5.32 Å². The number of rotatable bonds is 5. The van der Waals surface area contributed by atoms with Crippen LogP contribution in [-0.4, -0.2) is 23.6 Å². The van der Waals surface area contributed by atoms with Crippen LogP contribution in [0.5, 0.6) is 5.75 Å². The van der Waals surface area contributed by atoms with Crippen LogP contribution in [0.15, 0.2) is 42.5 Å². The van der Waals surface area contributed by atoms with Gasteiger partial charge in [-0.15, -0.1) is 0 Å². The van der Waals surface area contributed by atoms with Crippen LogP contribution in [0.2, 0.25) is 5.02 Å². The van der Waals surface area contributed by atoms with E-state index in [-0.39, 0.29) is 23.9 Å². The van der Waals surface area contributed by atoms with Gasteiger partial charge in [-0.25, -0.2) is 4.79 Å². The molecule has 1 atom stereocenters. The van der Waals surface area contributed by atoms with Crippen LogP contribution in [0.4, 0.5) is 0 Å². The Morgan fingerprint density at radius 2 is 2.00 bits per heavy atom. The Balaban J connectivity index is 1.65. The Morgan fingerprint density at radius 3 is 2.80 bits per heavy atom. The lowest BCUT2D eigenvalue weighted by Gasteiger charge is -2.27. The van der Waals surface area contributed by atoms with E-state index >= 15 is 0 Å². The normalized spacial score (nSPS) is 15.8. The van der Waals surface area contributed by atoms with Crippen LogP contribution >= 0.6 is 11.6 Å². The molecule has 1 aliphatic heterocycles. The van der Waals surface area contributed by atoms with E-state index in [1.165, 1.54) is 0 Å². The second kappa shape index (κ2) is 7.57. The van der Waals surface area contributed by atoms with Crippen molar-refractivity contribution in [2.45, 2.75) is 25.3 Å². The predicted molar refractivity (Wildman–Crippen MR) is 94.2 cm³/mol. The van der Waals surface area contributed by atoms with Gasteiger partial charge >= 0.3 is 5.97 Å². The summed E-state index contributed by atoms with van der Waals surface area (Å²) in [6.45, 7) is 0.490. The fourth-order valence-corrected chi connectivity index (χ4v) is 3.23. The highest BCUT2D eigenvalue weighted by Crippen LogP contribution is 2.37. The quantitative estimate of drug-likeness (QED) is 0.855. The van der Waals surface area contributed by atoms with Crippen molar-refractivity contribution in [2.75, 3.05) is 6.61 Å². The highest BCUT2D eigenvalue weighted by molar-refractivity contribution is 6.32. The van der Waals surface area contributed by atoms with Crippen LogP contribution < -0.4 is 10.1 Å². The zero-order valence-corrected chi connectivity index (χ0v) is 14.3. The molecule has 0 spiro atoms. The Hall–Kier alpha value is -2.53. The maximum Gasteiger partial charge on any atom is 0.335 e. The molecule has 0 radical (unpaired) electrons. The molecule has 1 amide bonds. The number of hydrogen-bond donors (Lipinski definition) is 2. The third kappa shape index (κ3) is 3.94. The van der Waals surface area contributed by atoms with Gasteiger partial charge in [0.25, 0.3) is 0 Å². The van der Waals surface area contributed by atoms with E-state index in [0.29, 0.717) is 35.8 Å². The molecule has 25 heavy (non-hydrogen) atoms. The Labute approximate surface area is 150 Å². The lowest BCUT2D eigenvalue weighted by molar-refractivity contribution is -0.122. The Kier molecular flexibility index (Phi) is 5.24. The van der Waals surface area contributed by atoms with Crippen molar-refractivity contribution in [2.24, 2.45) is 0 Å². The highest BCUT2D eigenvalue weighted by Gasteiger charge is 2.24. The summed E-state index contributed by atoms with van der Waals surface area (Å²) in [6.07, 6.45) is 1.27. The molecule has 2 aromatic carbocycles. The molecule has 2 N–H and O–H groups in total. The van der Waals surface area contributed by atoms with E-state index in [4.69, 9.17) is 16.3 Å². The number of fused-ring (bicyclic) bond motifs is 1. The summed E-state index contributed by atoms with van der Waals surface area (Å²) in [4.78, 5) is 23.6. The minimum Gasteiger partial charge on any atom is -0.492 e. The van der Waals surface area contributed by atoms with E-state index in [0.717, 1.165) is 5.56 Å². The zero-order valence-electron chi connectivity index (χ0n) is 13.5. The summed E-state index contributed by atoms with van der Waals surface area (Å²) in [5.41, 5.74) is 1.76. The van der Waals surface area contributed by atoms with E-state index in [9.17, 15) is 14.7 Å². The van der Waals surface area contributed by atoms with E-state index < -0.39 is 5.97 Å². The molecule has 6 heteroatoms. The predicted octanol–water partition coefficient (Wildman–Crippen LogP) is 3.61. The smallest absolute Gasteiger partial charge is 0.335 e. The SMILES string of the molecule is O=C(CCc1ccccc1C(=O)O)NC1CCOc2c(Cl)cccc21. The Morgan fingerprint density at radius 1 is 1.20 bits per heavy atom. The first-order chi connectivity index (χ1) is 12.1. The molecule has 0 aromatic heterocycles. The maximum atomic E-state index is 12.3. The van der Waals surface area contributed by atoms with Crippen molar-refractivity contribution in [3.8, 4) is 5.75 Å². The van der Waals surface area contributed by atoms with Crippen LogP contribution in [0.25, 0.3) is 0 Å². The number of hydrogen-bond acceptors (Lipinski definition) is 3. The summed E-state index contributed by atoms with van der Waals surface area (Å²) in [5, 5.41) is 12.7. The average Bonchev–Trinajstić information content (AvgIpc) is 2.61. The molecule has 130 valence electrons. The van der Waals surface area contributed by atoms with Crippen molar-refractivity contribution >= 4 is 23.5 Å². The molecule has 5 nitrogen and oxygen atoms in total. The number of aromatic carboxylic acids is 1. The summed E-state index contributed by atoms with van der Waals surface area (Å²) in [5.74, 6) is -0.487. The number of amides is 1. The molecule has 1 unspecified atom stereocenters. The summed E-state index contributed by atoms with van der Waals surface area (Å²) in [7, 11) is 0. The lowest BCUT2D eigenvalue weighted by Crippen LogP contribution is -2.32. The van der Waals surface area contributed by atoms with Gasteiger partial charge in [0.2, 0.25) is 5.91 Å². The molecule has 0 saturated carbocycles. The van der Waals surface area contributed by atoms with Crippen molar-refractivity contribution < 1.29 is 19.4 Å². The summed E-state index contributed by atoms with van der Waals surface area (Å²) < 4.78 is 5.59. The standard InChI is InChI=1S/C19H18ClNO4/c20-15-7-3-6-14-16(10-11-25-18(14)15)21-17(22)9-8-12-4-1-2-5-13(12)19(23)24/h1-7,16H,8-11H2,(H,21,22)(H,23,24). The third-order valence-electron chi connectivity index (χ3n) is 4.23. The summed E-state index contributed by atoms with van der Waals surface area (Å²) >= 11 is 6.14. The molecule has 1 aliphatic rings. The van der Waals surface area contributed by atoms with Gasteiger partial charge in [0, 0.05) is 18.4 Å². The number of carbonyl (C=O) groups is 2. The number of ether oxygens (including phenoxy) is 1. The first-order valence-electron chi connectivity index (χ1n) is 8.08. The second-order valence-corrected chi connectivity index (χ2v) is 6.28. The number of benzene rings is 2. The number of halogens is 1. The Bertz CT molecular complexity index is 806. The average molecular weight is 360 g/mol. The molecular weight excluding hydrogens is 342 g/mol. The van der Waals surface area contributed by atoms with Crippen molar-refractivity contribution in [1.29, 1.82) is 0 Å². The molecule has 2 aromatic rings. The van der Waals surface area contributed by atoms with Crippen molar-refractivity contribution in [3.05, 3.63) is 64.2 Å². The van der Waals surface area contributed by atoms with E-state index in [1.54, 1.807) is 30.3 Å². The van der Waals surface area contributed by atoms with Gasteiger partial charge in [0.15, 0.2) is 0 Å². The molecule has 0 saturated heterocycles. The van der Waals surface area contributed by atoms with Crippen LogP contribution in [-0.2, 0) is 11.2 Å². The number of carboxylic acid groups (broad SMARTS) is 1. The number of para-hydroxylation sites is 1. The first kappa shape index (κ1) is 17.3. The fourth-order valence-electron chi connectivity index (χ4n) is 3.00. The van der Waals surface area contributed by atoms with E-state index in [1.807, 2.05) is 12.1 Å². The van der Waals surface area contributed by atoms with Gasteiger partial charge in [0.05, 0.1) is 23.2 Å². The van der Waals surface area contributed by atoms with Gasteiger partial charge in [-0.2, -0.15) is 0 Å². The molecule has 1 heterocycles. The minimum atomic E-state index is -0.982. The van der Waals surface area contributed by atoms with Gasteiger partial charge in [-0.05, 0) is 24.1 Å². The first-order valence-corrected chi connectivity index (χ1v) is 8.46. The lowest BCUT2D eigenvalue weighted by atomic mass is 9.99. The monoisotopic (exact) mass is 359 g/mol. The highest BCUT2D eigenvalue weighted by atomic mass is 35.5. The van der Waals surface area contributed by atoms with Crippen LogP contribution in [0.3, 0.4) is 0 Å². The molecule has 0 aliphatic carbocycles. The van der Waals surface area contributed by atoms with Crippen molar-refractivity contribution in [3.63, 3.8) is 0 Å². The molecular formula is C19H18ClNO4. The number of carbonyl (C=O) groups excluding carboxylic acids is 1. The molecule has 0 bridgehead atoms. The number of carboxylic acids is 1. The van der Waals surface area contributed by atoms with E-state index in [2.05, 4.69) is 5.32 Å². The minimum absolute atomic E-state index is 0.127. The van der Waals surface area contributed by atoms with Crippen LogP contribution in [0, 0.1) is 0 Å². The fraction of sp³-hybridized carbons (Fsp3) is 0.263. The van der Waals surface area contributed by atoms with Gasteiger partial charge in [-0.3, -0.25) is 4.79 Å². The second-order valence-electron chi connectivity index (χ2n) is 5.88. The molecule has 0 fully saturated rings. The van der Waals surface area contributed by atoms with Gasteiger partial charge in [-0.1, -0.05) is 41.9 Å². The zero-order chi connectivity index (χ0) is 17.8. The summed E-state index contributed by atoms with van der Waals surface area (Å²) in [6, 6.07) is 12.1. The third-order valence-corrected chi connectivity index (χ3v) is 4.53. The topological polar surface area (TPSA) is 75.6 Å². The largest absolute Gasteiger partial charge is 0.492 e. The maximum absolute atomic E-state index is 12.3. The van der Waals surface area contributed by atoms with Crippen LogP contribution in [0.1, 0.15) is 40.4 Å². The molecule has 3 rings (SSSR count). The van der Waals surface area contributed by atoms with Gasteiger partial charge < -0.3 is 15.2 Å². The number of nitrogens with one attached hydrogen (secondary N) is 1.